The summed E-state index contributed by atoms with van der Waals surface area (Å²) >= 11 is 0. The Kier molecular flexibility index (Phi) is 3.44. The van der Waals surface area contributed by atoms with Crippen LogP contribution >= 0.6 is 0 Å². The zero-order valence-electron chi connectivity index (χ0n) is 9.93. The molecule has 0 aromatic heterocycles. The molecule has 1 fully saturated rings. The first-order valence-corrected chi connectivity index (χ1v) is 5.59. The normalized spacial score (nSPS) is 37.1. The summed E-state index contributed by atoms with van der Waals surface area (Å²) in [5, 5.41) is 28.5. The summed E-state index contributed by atoms with van der Waals surface area (Å²) in [6.45, 7) is -0.244. The van der Waals surface area contributed by atoms with Crippen LogP contribution in [0.1, 0.15) is 0 Å². The van der Waals surface area contributed by atoms with Gasteiger partial charge in [-0.2, -0.15) is 0 Å². The number of nitrogens with zero attached hydrogens (tertiary/aromatic N) is 2. The van der Waals surface area contributed by atoms with Gasteiger partial charge in [0.05, 0.1) is 6.61 Å². The number of rotatable bonds is 2. The van der Waals surface area contributed by atoms with Gasteiger partial charge in [0, 0.05) is 13.6 Å². The zero-order valence-corrected chi connectivity index (χ0v) is 9.93. The molecule has 102 valence electrons. The summed E-state index contributed by atoms with van der Waals surface area (Å²) in [4.78, 5) is 14.4. The van der Waals surface area contributed by atoms with E-state index in [2.05, 4.69) is 0 Å². The van der Waals surface area contributed by atoms with Gasteiger partial charge < -0.3 is 25.8 Å². The van der Waals surface area contributed by atoms with Crippen LogP contribution in [0.25, 0.3) is 0 Å². The number of carbonyl (C=O) groups excluding carboxylic acids is 1. The fourth-order valence-corrected chi connectivity index (χ4v) is 2.06. The van der Waals surface area contributed by atoms with Gasteiger partial charge in [0.25, 0.3) is 0 Å². The molecule has 5 N–H and O–H groups in total. The van der Waals surface area contributed by atoms with Crippen molar-refractivity contribution in [3.05, 3.63) is 11.9 Å². The maximum atomic E-state index is 12.0. The number of aliphatic hydroxyl groups excluding tert-OH is 3. The van der Waals surface area contributed by atoms with E-state index in [4.69, 9.17) is 15.6 Å². The first-order chi connectivity index (χ1) is 8.47. The van der Waals surface area contributed by atoms with Crippen LogP contribution in [0.2, 0.25) is 0 Å². The van der Waals surface area contributed by atoms with Crippen molar-refractivity contribution in [2.24, 2.45) is 5.73 Å². The van der Waals surface area contributed by atoms with Crippen LogP contribution in [0.15, 0.2) is 11.9 Å². The molecule has 0 saturated carbocycles. The van der Waals surface area contributed by atoms with E-state index in [0.717, 1.165) is 0 Å². The summed E-state index contributed by atoms with van der Waals surface area (Å²) < 4.78 is 5.29. The molecule has 2 heterocycles. The molecule has 2 aliphatic rings. The fourth-order valence-electron chi connectivity index (χ4n) is 2.06. The molecule has 1 saturated heterocycles. The van der Waals surface area contributed by atoms with Crippen LogP contribution in [0.3, 0.4) is 0 Å². The Morgan fingerprint density at radius 2 is 2.17 bits per heavy atom. The second kappa shape index (κ2) is 4.73. The summed E-state index contributed by atoms with van der Waals surface area (Å²) in [6, 6.07) is -0.426. The zero-order chi connectivity index (χ0) is 13.4. The number of carbonyl (C=O) groups is 1. The highest BCUT2D eigenvalue weighted by molar-refractivity contribution is 5.77. The molecule has 0 aromatic rings. The van der Waals surface area contributed by atoms with Gasteiger partial charge >= 0.3 is 6.03 Å². The van der Waals surface area contributed by atoms with E-state index >= 15 is 0 Å². The first kappa shape index (κ1) is 13.1. The minimum absolute atomic E-state index is 0.182. The Hall–Kier alpha value is -1.35. The van der Waals surface area contributed by atoms with Crippen LogP contribution < -0.4 is 5.73 Å². The number of aliphatic hydroxyl groups is 3. The SMILES string of the molecule is CN1C(=O)N([C@H]2O[C@H](CO)[C@@H](O)[C@H]2O)CC=C1N. The van der Waals surface area contributed by atoms with Crippen molar-refractivity contribution in [1.29, 1.82) is 0 Å². The number of hydrogen-bond acceptors (Lipinski definition) is 6. The molecule has 0 bridgehead atoms. The monoisotopic (exact) mass is 259 g/mol. The second-order valence-corrected chi connectivity index (χ2v) is 4.35. The highest BCUT2D eigenvalue weighted by atomic mass is 16.6. The van der Waals surface area contributed by atoms with E-state index in [1.807, 2.05) is 0 Å². The van der Waals surface area contributed by atoms with Crippen LogP contribution in [-0.4, -0.2) is 75.9 Å². The highest BCUT2D eigenvalue weighted by Crippen LogP contribution is 2.26. The lowest BCUT2D eigenvalue weighted by atomic mass is 10.1. The molecule has 4 atom stereocenters. The average Bonchev–Trinajstić information content (AvgIpc) is 2.64. The lowest BCUT2D eigenvalue weighted by molar-refractivity contribution is -0.0803. The largest absolute Gasteiger partial charge is 0.394 e. The van der Waals surface area contributed by atoms with E-state index in [0.29, 0.717) is 5.82 Å². The van der Waals surface area contributed by atoms with Gasteiger partial charge in [0.15, 0.2) is 6.23 Å². The molecule has 2 amide bonds. The highest BCUT2D eigenvalue weighted by Gasteiger charge is 2.47. The third kappa shape index (κ3) is 1.93. The van der Waals surface area contributed by atoms with Crippen molar-refractivity contribution in [3.63, 3.8) is 0 Å². The lowest BCUT2D eigenvalue weighted by Crippen LogP contribution is -2.54. The minimum Gasteiger partial charge on any atom is -0.394 e. The number of ether oxygens (including phenoxy) is 1. The molecular formula is C10H17N3O5. The molecule has 0 radical (unpaired) electrons. The van der Waals surface area contributed by atoms with E-state index in [1.165, 1.54) is 16.8 Å². The Morgan fingerprint density at radius 3 is 2.72 bits per heavy atom. The van der Waals surface area contributed by atoms with E-state index < -0.39 is 37.2 Å². The fraction of sp³-hybridized carbons (Fsp3) is 0.700. The van der Waals surface area contributed by atoms with Crippen molar-refractivity contribution < 1.29 is 24.9 Å². The third-order valence-corrected chi connectivity index (χ3v) is 3.24. The van der Waals surface area contributed by atoms with Crippen LogP contribution in [-0.2, 0) is 4.74 Å². The number of urea groups is 1. The maximum Gasteiger partial charge on any atom is 0.327 e. The van der Waals surface area contributed by atoms with Crippen molar-refractivity contribution in [3.8, 4) is 0 Å². The predicted molar refractivity (Wildman–Crippen MR) is 59.9 cm³/mol. The summed E-state index contributed by atoms with van der Waals surface area (Å²) in [5.74, 6) is 0.322. The van der Waals surface area contributed by atoms with Gasteiger partial charge in [-0.15, -0.1) is 0 Å². The first-order valence-electron chi connectivity index (χ1n) is 5.59. The molecule has 2 aliphatic heterocycles. The summed E-state index contributed by atoms with van der Waals surface area (Å²) in [5.41, 5.74) is 5.59. The van der Waals surface area contributed by atoms with Crippen LogP contribution in [0, 0.1) is 0 Å². The lowest BCUT2D eigenvalue weighted by Gasteiger charge is -2.36. The van der Waals surface area contributed by atoms with Gasteiger partial charge in [-0.25, -0.2) is 4.79 Å². The molecule has 8 heteroatoms. The Morgan fingerprint density at radius 1 is 1.50 bits per heavy atom. The summed E-state index contributed by atoms with van der Waals surface area (Å²) in [7, 11) is 1.50. The predicted octanol–water partition coefficient (Wildman–Crippen LogP) is -2.41. The van der Waals surface area contributed by atoms with Crippen molar-refractivity contribution in [2.45, 2.75) is 24.5 Å². The molecule has 8 nitrogen and oxygen atoms in total. The summed E-state index contributed by atoms with van der Waals surface area (Å²) in [6.07, 6.45) is -2.76. The Balaban J connectivity index is 2.16. The number of nitrogens with two attached hydrogens (primary N) is 1. The topological polar surface area (TPSA) is 119 Å². The van der Waals surface area contributed by atoms with Crippen molar-refractivity contribution in [2.75, 3.05) is 20.2 Å². The van der Waals surface area contributed by atoms with Gasteiger partial charge in [-0.1, -0.05) is 0 Å². The molecule has 18 heavy (non-hydrogen) atoms. The molecule has 0 spiro atoms. The van der Waals surface area contributed by atoms with Crippen molar-refractivity contribution >= 4 is 6.03 Å². The minimum atomic E-state index is -1.26. The van der Waals surface area contributed by atoms with E-state index in [9.17, 15) is 15.0 Å². The van der Waals surface area contributed by atoms with Crippen LogP contribution in [0.5, 0.6) is 0 Å². The second-order valence-electron chi connectivity index (χ2n) is 4.35. The van der Waals surface area contributed by atoms with Gasteiger partial charge in [-0.3, -0.25) is 9.80 Å². The third-order valence-electron chi connectivity index (χ3n) is 3.24. The van der Waals surface area contributed by atoms with E-state index in [-0.39, 0.29) is 6.54 Å². The molecular weight excluding hydrogens is 242 g/mol. The number of hydrogen-bond donors (Lipinski definition) is 4. The Bertz CT molecular complexity index is 375. The van der Waals surface area contributed by atoms with Crippen LogP contribution in [0.4, 0.5) is 4.79 Å². The molecule has 2 rings (SSSR count). The van der Waals surface area contributed by atoms with E-state index in [1.54, 1.807) is 6.08 Å². The molecule has 0 aliphatic carbocycles. The maximum absolute atomic E-state index is 12.0. The van der Waals surface area contributed by atoms with Crippen molar-refractivity contribution in [1.82, 2.24) is 9.80 Å². The molecule has 0 aromatic carbocycles. The quantitative estimate of drug-likeness (QED) is 0.438. The average molecular weight is 259 g/mol. The number of amides is 2. The molecule has 0 unspecified atom stereocenters. The van der Waals surface area contributed by atoms with Gasteiger partial charge in [-0.05, 0) is 6.08 Å². The standard InChI is InChI=1S/C10H17N3O5/c1-12-6(11)2-3-13(10(12)17)9-8(16)7(15)5(4-14)18-9/h2,5,7-9,14-16H,3-4,11H2,1H3/t5-,7-,8-,9+/m1/s1. The van der Waals surface area contributed by atoms with Gasteiger partial charge in [0.1, 0.15) is 24.1 Å². The Labute approximate surface area is 104 Å². The van der Waals surface area contributed by atoms with Gasteiger partial charge in [0.2, 0.25) is 0 Å². The smallest absolute Gasteiger partial charge is 0.327 e.